The minimum atomic E-state index is -1.41. The number of hydrogen-bond acceptors (Lipinski definition) is 6. The van der Waals surface area contributed by atoms with Crippen molar-refractivity contribution in [2.45, 2.75) is 44.3 Å². The van der Waals surface area contributed by atoms with Gasteiger partial charge in [-0.05, 0) is 13.8 Å². The summed E-state index contributed by atoms with van der Waals surface area (Å²) >= 11 is 0. The van der Waals surface area contributed by atoms with E-state index in [0.717, 1.165) is 0 Å². The summed E-state index contributed by atoms with van der Waals surface area (Å²) < 4.78 is 4.87. The third kappa shape index (κ3) is 1.83. The number of hydrogen-bond donors (Lipinski definition) is 3. The van der Waals surface area contributed by atoms with Gasteiger partial charge in [0.25, 0.3) is 0 Å². The van der Waals surface area contributed by atoms with Crippen molar-refractivity contribution < 1.29 is 20.2 Å². The maximum atomic E-state index is 10.8. The highest BCUT2D eigenvalue weighted by Gasteiger charge is 2.44. The Bertz CT molecular complexity index is 188. The van der Waals surface area contributed by atoms with Crippen LogP contribution in [0.15, 0.2) is 0 Å². The maximum Gasteiger partial charge on any atom is 0.156 e. The highest BCUT2D eigenvalue weighted by molar-refractivity contribution is 4.96. The van der Waals surface area contributed by atoms with E-state index in [2.05, 4.69) is 0 Å². The lowest BCUT2D eigenvalue weighted by molar-refractivity contribution is -0.275. The predicted molar refractivity (Wildman–Crippen MR) is 42.6 cm³/mol. The van der Waals surface area contributed by atoms with Gasteiger partial charge >= 0.3 is 0 Å². The van der Waals surface area contributed by atoms with Crippen molar-refractivity contribution in [3.8, 4) is 0 Å². The first-order chi connectivity index (χ1) is 5.88. The van der Waals surface area contributed by atoms with Crippen LogP contribution in [0.5, 0.6) is 0 Å². The summed E-state index contributed by atoms with van der Waals surface area (Å²) in [4.78, 5) is 0. The van der Waals surface area contributed by atoms with E-state index < -0.39 is 24.0 Å². The molecule has 0 saturated carbocycles. The van der Waals surface area contributed by atoms with E-state index >= 15 is 0 Å². The van der Waals surface area contributed by atoms with E-state index in [1.54, 1.807) is 0 Å². The van der Waals surface area contributed by atoms with Crippen LogP contribution in [0.2, 0.25) is 0 Å². The number of rotatable bonds is 1. The van der Waals surface area contributed by atoms with Gasteiger partial charge in [0, 0.05) is 6.42 Å². The zero-order chi connectivity index (χ0) is 10.2. The van der Waals surface area contributed by atoms with E-state index in [1.165, 1.54) is 13.8 Å². The predicted octanol–water partition coefficient (Wildman–Crippen LogP) is -0.578. The Morgan fingerprint density at radius 1 is 1.54 bits per heavy atom. The molecule has 0 aromatic heterocycles. The number of nitrogens with zero attached hydrogens (tertiary/aromatic N) is 1. The van der Waals surface area contributed by atoms with Crippen LogP contribution in [0.1, 0.15) is 20.3 Å². The van der Waals surface area contributed by atoms with E-state index in [1.807, 2.05) is 0 Å². The molecule has 1 saturated heterocycles. The zero-order valence-electron chi connectivity index (χ0n) is 7.54. The normalized spacial score (nSPS) is 46.8. The molecule has 1 aliphatic rings. The Balaban J connectivity index is 2.82. The highest BCUT2D eigenvalue weighted by Crippen LogP contribution is 2.31. The molecule has 1 rings (SSSR count). The molecule has 1 heterocycles. The molecule has 0 spiro atoms. The minimum absolute atomic E-state index is 0.126. The summed E-state index contributed by atoms with van der Waals surface area (Å²) in [6, 6.07) is 0. The van der Waals surface area contributed by atoms with Gasteiger partial charge in [-0.2, -0.15) is 0 Å². The molecule has 1 aliphatic heterocycles. The first-order valence-corrected chi connectivity index (χ1v) is 4.06. The molecule has 0 aliphatic carbocycles. The second-order valence-corrected chi connectivity index (χ2v) is 3.57. The fourth-order valence-electron chi connectivity index (χ4n) is 1.54. The third-order valence-electron chi connectivity index (χ3n) is 2.48. The lowest BCUT2D eigenvalue weighted by Gasteiger charge is -2.50. The largest absolute Gasteiger partial charge is 0.762 e. The molecule has 0 unspecified atom stereocenters. The summed E-state index contributed by atoms with van der Waals surface area (Å²) in [5, 5.41) is 38.0. The van der Waals surface area contributed by atoms with Gasteiger partial charge < -0.3 is 25.4 Å². The monoisotopic (exact) mass is 192 g/mol. The van der Waals surface area contributed by atoms with Crippen LogP contribution in [0, 0.1) is 5.21 Å². The van der Waals surface area contributed by atoms with Crippen LogP contribution in [0.3, 0.4) is 0 Å². The first kappa shape index (κ1) is 10.8. The fraction of sp³-hybridized carbons (Fsp3) is 1.00. The van der Waals surface area contributed by atoms with Gasteiger partial charge in [-0.3, -0.25) is 5.23 Å². The van der Waals surface area contributed by atoms with Gasteiger partial charge in [-0.15, -0.1) is 0 Å². The number of hydroxylamine groups is 2. The van der Waals surface area contributed by atoms with Crippen LogP contribution in [0.25, 0.3) is 0 Å². The van der Waals surface area contributed by atoms with Crippen molar-refractivity contribution >= 4 is 0 Å². The van der Waals surface area contributed by atoms with E-state index in [-0.39, 0.29) is 11.6 Å². The Morgan fingerprint density at radius 3 is 2.54 bits per heavy atom. The molecule has 0 aromatic rings. The lowest BCUT2D eigenvalue weighted by atomic mass is 9.86. The van der Waals surface area contributed by atoms with Crippen LogP contribution >= 0.6 is 0 Å². The van der Waals surface area contributed by atoms with Crippen LogP contribution < -0.4 is 0 Å². The van der Waals surface area contributed by atoms with Crippen molar-refractivity contribution in [2.24, 2.45) is 0 Å². The Hall–Kier alpha value is -0.240. The molecule has 78 valence electrons. The van der Waals surface area contributed by atoms with Gasteiger partial charge in [0.05, 0.1) is 17.7 Å². The van der Waals surface area contributed by atoms with Gasteiger partial charge in [-0.25, -0.2) is 0 Å². The van der Waals surface area contributed by atoms with Crippen molar-refractivity contribution in [1.29, 1.82) is 0 Å². The van der Waals surface area contributed by atoms with Crippen molar-refractivity contribution in [3.05, 3.63) is 5.21 Å². The van der Waals surface area contributed by atoms with E-state index in [4.69, 9.17) is 9.94 Å². The molecule has 4 atom stereocenters. The smallest absolute Gasteiger partial charge is 0.156 e. The summed E-state index contributed by atoms with van der Waals surface area (Å²) in [6.07, 6.45) is -3.07. The topological polar surface area (TPSA) is 96.2 Å². The molecule has 6 nitrogen and oxygen atoms in total. The molecule has 1 fully saturated rings. The van der Waals surface area contributed by atoms with Gasteiger partial charge in [0.2, 0.25) is 0 Å². The molecule has 0 radical (unpaired) electrons. The number of aliphatic hydroxyl groups is 2. The standard InChI is InChI=1S/C7H14NO5/c1-4-6(10)7(2,8(11)12)3-5(9)13-4/h4-6,9-11H,3H2,1-2H3/q-1/t4-,5-,6+,7-/m1/s1. The quantitative estimate of drug-likeness (QED) is 0.481. The number of ether oxygens (including phenoxy) is 1. The first-order valence-electron chi connectivity index (χ1n) is 4.06. The van der Waals surface area contributed by atoms with Crippen LogP contribution in [-0.4, -0.2) is 44.7 Å². The van der Waals surface area contributed by atoms with Crippen molar-refractivity contribution in [2.75, 3.05) is 0 Å². The second kappa shape index (κ2) is 3.49. The molecular formula is C7H14NO5-. The van der Waals surface area contributed by atoms with Crippen molar-refractivity contribution in [3.63, 3.8) is 0 Å². The van der Waals surface area contributed by atoms with Gasteiger partial charge in [-0.1, -0.05) is 0 Å². The van der Waals surface area contributed by atoms with E-state index in [0.29, 0.717) is 0 Å². The lowest BCUT2D eigenvalue weighted by Crippen LogP contribution is -2.61. The average Bonchev–Trinajstić information content (AvgIpc) is 1.99. The molecule has 0 bridgehead atoms. The van der Waals surface area contributed by atoms with Crippen LogP contribution in [0.4, 0.5) is 0 Å². The van der Waals surface area contributed by atoms with Gasteiger partial charge in [0.1, 0.15) is 0 Å². The molecule has 0 aromatic carbocycles. The molecule has 13 heavy (non-hydrogen) atoms. The van der Waals surface area contributed by atoms with Gasteiger partial charge in [0.15, 0.2) is 6.29 Å². The third-order valence-corrected chi connectivity index (χ3v) is 2.48. The number of aliphatic hydroxyl groups excluding tert-OH is 2. The fourth-order valence-corrected chi connectivity index (χ4v) is 1.54. The highest BCUT2D eigenvalue weighted by atomic mass is 16.8. The van der Waals surface area contributed by atoms with E-state index in [9.17, 15) is 15.4 Å². The molecule has 0 amide bonds. The minimum Gasteiger partial charge on any atom is -0.762 e. The van der Waals surface area contributed by atoms with Crippen LogP contribution in [-0.2, 0) is 4.74 Å². The zero-order valence-corrected chi connectivity index (χ0v) is 7.54. The molecule has 3 N–H and O–H groups in total. The molecule has 6 heteroatoms. The Kier molecular flexibility index (Phi) is 2.91. The van der Waals surface area contributed by atoms with Crippen molar-refractivity contribution in [1.82, 2.24) is 5.23 Å². The maximum absolute atomic E-state index is 10.8. The SMILES string of the molecule is C[C@H]1O[C@@H](O)C[C@@](C)(N([O-])O)[C@H]1O. The summed E-state index contributed by atoms with van der Waals surface area (Å²) in [6.45, 7) is 2.89. The Labute approximate surface area is 75.9 Å². The Morgan fingerprint density at radius 2 is 2.08 bits per heavy atom. The average molecular weight is 192 g/mol. The summed E-state index contributed by atoms with van der Waals surface area (Å²) in [5.74, 6) is 0. The molecular weight excluding hydrogens is 178 g/mol. The summed E-state index contributed by atoms with van der Waals surface area (Å²) in [5.41, 5.74) is -1.41. The summed E-state index contributed by atoms with van der Waals surface area (Å²) in [7, 11) is 0. The second-order valence-electron chi connectivity index (χ2n) is 3.57.